The number of nitriles is 1. The topological polar surface area (TPSA) is 23.8 Å². The van der Waals surface area contributed by atoms with Gasteiger partial charge >= 0.3 is 0 Å². The molecule has 1 nitrogen and oxygen atoms in total. The van der Waals surface area contributed by atoms with Gasteiger partial charge in [0.25, 0.3) is 6.43 Å². The number of rotatable bonds is 1. The van der Waals surface area contributed by atoms with Crippen LogP contribution < -0.4 is 0 Å². The zero-order valence-corrected chi connectivity index (χ0v) is 7.89. The van der Waals surface area contributed by atoms with Crippen molar-refractivity contribution in [3.05, 3.63) is 35.1 Å². The van der Waals surface area contributed by atoms with E-state index in [1.165, 1.54) is 0 Å². The summed E-state index contributed by atoms with van der Waals surface area (Å²) in [6.45, 7) is 4.00. The molecule has 0 amide bonds. The highest BCUT2D eigenvalue weighted by molar-refractivity contribution is 5.34. The average molecular weight is 201 g/mol. The van der Waals surface area contributed by atoms with Crippen LogP contribution in [0.15, 0.2) is 18.2 Å². The number of alkyl halides is 2. The van der Waals surface area contributed by atoms with Crippen LogP contribution in [-0.2, 0) is 0 Å². The van der Waals surface area contributed by atoms with Gasteiger partial charge in [-0.15, -0.1) is 0 Å². The Hall–Kier alpha value is -1.50. The summed E-state index contributed by atoms with van der Waals surface area (Å²) >= 11 is 0. The summed E-state index contributed by atoms with van der Waals surface area (Å²) < 4.78 is 36.5. The second-order valence-corrected chi connectivity index (χ2v) is 2.19. The summed E-state index contributed by atoms with van der Waals surface area (Å²) in [5.41, 5.74) is -0.558. The Kier molecular flexibility index (Phi) is 5.38. The maximum Gasteiger partial charge on any atom is 0.263 e. The fourth-order valence-electron chi connectivity index (χ4n) is 0.803. The molecule has 1 aromatic rings. The predicted octanol–water partition coefficient (Wildman–Crippen LogP) is 3.66. The van der Waals surface area contributed by atoms with Crippen molar-refractivity contribution < 1.29 is 13.2 Å². The quantitative estimate of drug-likeness (QED) is 0.680. The van der Waals surface area contributed by atoms with Gasteiger partial charge in [-0.3, -0.25) is 0 Å². The minimum absolute atomic E-state index is 0.0923. The Morgan fingerprint density at radius 3 is 2.21 bits per heavy atom. The first-order chi connectivity index (χ1) is 6.63. The maximum absolute atomic E-state index is 12.5. The van der Waals surface area contributed by atoms with Crippen LogP contribution in [0, 0.1) is 17.1 Å². The molecule has 0 fully saturated rings. The molecular formula is C10H10F3N. The fraction of sp³-hybridized carbons (Fsp3) is 0.300. The van der Waals surface area contributed by atoms with Crippen molar-refractivity contribution in [2.75, 3.05) is 0 Å². The van der Waals surface area contributed by atoms with E-state index in [2.05, 4.69) is 0 Å². The van der Waals surface area contributed by atoms with Crippen LogP contribution in [0.2, 0.25) is 0 Å². The lowest BCUT2D eigenvalue weighted by atomic mass is 10.1. The lowest BCUT2D eigenvalue weighted by molar-refractivity contribution is 0.151. The van der Waals surface area contributed by atoms with Crippen molar-refractivity contribution >= 4 is 0 Å². The third-order valence-corrected chi connectivity index (χ3v) is 1.30. The monoisotopic (exact) mass is 201 g/mol. The molecule has 0 radical (unpaired) electrons. The zero-order chi connectivity index (χ0) is 11.1. The van der Waals surface area contributed by atoms with E-state index in [1.807, 2.05) is 13.8 Å². The summed E-state index contributed by atoms with van der Waals surface area (Å²) in [5, 5.41) is 8.31. The van der Waals surface area contributed by atoms with Crippen LogP contribution in [0.5, 0.6) is 0 Å². The van der Waals surface area contributed by atoms with Gasteiger partial charge in [0.2, 0.25) is 0 Å². The lowest BCUT2D eigenvalue weighted by Crippen LogP contribution is -1.88. The molecule has 14 heavy (non-hydrogen) atoms. The minimum Gasteiger partial charge on any atom is -0.207 e. The highest BCUT2D eigenvalue weighted by Gasteiger charge is 2.09. The van der Waals surface area contributed by atoms with Gasteiger partial charge in [-0.25, -0.2) is 13.2 Å². The standard InChI is InChI=1S/C8H4F3N.C2H6/c9-7-2-5(4-12)1-6(3-7)8(10)11;1-2/h1-3,8H;1-2H3. The summed E-state index contributed by atoms with van der Waals surface area (Å²) in [4.78, 5) is 0. The molecule has 0 heterocycles. The van der Waals surface area contributed by atoms with Crippen molar-refractivity contribution in [2.24, 2.45) is 0 Å². The van der Waals surface area contributed by atoms with Crippen LogP contribution in [0.4, 0.5) is 13.2 Å². The SMILES string of the molecule is CC.N#Cc1cc(F)cc(C(F)F)c1. The van der Waals surface area contributed by atoms with E-state index in [-0.39, 0.29) is 5.56 Å². The van der Waals surface area contributed by atoms with E-state index in [0.29, 0.717) is 6.07 Å². The fourth-order valence-corrected chi connectivity index (χ4v) is 0.803. The molecule has 0 aromatic heterocycles. The number of hydrogen-bond acceptors (Lipinski definition) is 1. The Bertz CT molecular complexity index is 329. The molecule has 4 heteroatoms. The molecule has 0 N–H and O–H groups in total. The van der Waals surface area contributed by atoms with Crippen molar-refractivity contribution in [3.63, 3.8) is 0 Å². The summed E-state index contributed by atoms with van der Waals surface area (Å²) in [6, 6.07) is 4.18. The van der Waals surface area contributed by atoms with E-state index in [4.69, 9.17) is 5.26 Å². The molecule has 0 unspecified atom stereocenters. The Balaban J connectivity index is 0.000000791. The van der Waals surface area contributed by atoms with Gasteiger partial charge < -0.3 is 0 Å². The molecule has 0 saturated heterocycles. The van der Waals surface area contributed by atoms with Crippen molar-refractivity contribution in [2.45, 2.75) is 20.3 Å². The van der Waals surface area contributed by atoms with Gasteiger partial charge in [-0.1, -0.05) is 13.8 Å². The molecule has 1 rings (SSSR count). The molecule has 0 aliphatic heterocycles. The van der Waals surface area contributed by atoms with Gasteiger partial charge in [0.15, 0.2) is 0 Å². The highest BCUT2D eigenvalue weighted by Crippen LogP contribution is 2.20. The van der Waals surface area contributed by atoms with Crippen LogP contribution >= 0.6 is 0 Å². The van der Waals surface area contributed by atoms with E-state index >= 15 is 0 Å². The molecule has 0 saturated carbocycles. The van der Waals surface area contributed by atoms with E-state index in [9.17, 15) is 13.2 Å². The molecule has 76 valence electrons. The number of benzene rings is 1. The van der Waals surface area contributed by atoms with Crippen LogP contribution in [0.25, 0.3) is 0 Å². The van der Waals surface area contributed by atoms with Gasteiger partial charge in [-0.2, -0.15) is 5.26 Å². The number of halogens is 3. The minimum atomic E-state index is -2.74. The van der Waals surface area contributed by atoms with Crippen LogP contribution in [0.1, 0.15) is 31.4 Å². The Morgan fingerprint density at radius 1 is 1.21 bits per heavy atom. The maximum atomic E-state index is 12.5. The third-order valence-electron chi connectivity index (χ3n) is 1.30. The summed E-state index contributed by atoms with van der Waals surface area (Å²) in [5.74, 6) is -0.815. The number of nitrogens with zero attached hydrogens (tertiary/aromatic N) is 1. The van der Waals surface area contributed by atoms with Gasteiger partial charge in [0, 0.05) is 5.56 Å². The Labute approximate surface area is 80.8 Å². The molecule has 0 bridgehead atoms. The van der Waals surface area contributed by atoms with Gasteiger partial charge in [0.05, 0.1) is 11.6 Å². The average Bonchev–Trinajstić information content (AvgIpc) is 2.20. The van der Waals surface area contributed by atoms with Gasteiger partial charge in [-0.05, 0) is 18.2 Å². The normalized spacial score (nSPS) is 8.93. The zero-order valence-electron chi connectivity index (χ0n) is 7.89. The first-order valence-electron chi connectivity index (χ1n) is 4.12. The largest absolute Gasteiger partial charge is 0.263 e. The smallest absolute Gasteiger partial charge is 0.207 e. The molecule has 0 spiro atoms. The van der Waals surface area contributed by atoms with Crippen LogP contribution in [0.3, 0.4) is 0 Å². The Morgan fingerprint density at radius 2 is 1.79 bits per heavy atom. The molecular weight excluding hydrogens is 191 g/mol. The summed E-state index contributed by atoms with van der Waals surface area (Å²) in [6.07, 6.45) is -2.74. The second kappa shape index (κ2) is 6.03. The first-order valence-corrected chi connectivity index (χ1v) is 4.12. The first kappa shape index (κ1) is 12.5. The molecule has 0 aliphatic rings. The van der Waals surface area contributed by atoms with E-state index in [0.717, 1.165) is 12.1 Å². The van der Waals surface area contributed by atoms with Gasteiger partial charge in [0.1, 0.15) is 5.82 Å². The lowest BCUT2D eigenvalue weighted by Gasteiger charge is -1.99. The highest BCUT2D eigenvalue weighted by atomic mass is 19.3. The van der Waals surface area contributed by atoms with Crippen molar-refractivity contribution in [1.29, 1.82) is 5.26 Å². The van der Waals surface area contributed by atoms with Crippen LogP contribution in [-0.4, -0.2) is 0 Å². The second-order valence-electron chi connectivity index (χ2n) is 2.19. The van der Waals surface area contributed by atoms with E-state index in [1.54, 1.807) is 6.07 Å². The van der Waals surface area contributed by atoms with Crippen molar-refractivity contribution in [1.82, 2.24) is 0 Å². The molecule has 1 aromatic carbocycles. The number of hydrogen-bond donors (Lipinski definition) is 0. The van der Waals surface area contributed by atoms with E-state index < -0.39 is 17.8 Å². The molecule has 0 atom stereocenters. The predicted molar refractivity (Wildman–Crippen MR) is 47.4 cm³/mol. The molecule has 0 aliphatic carbocycles. The van der Waals surface area contributed by atoms with Crippen molar-refractivity contribution in [3.8, 4) is 6.07 Å². The summed E-state index contributed by atoms with van der Waals surface area (Å²) in [7, 11) is 0. The third kappa shape index (κ3) is 3.48.